The highest BCUT2D eigenvalue weighted by molar-refractivity contribution is 5.92. The Labute approximate surface area is 110 Å². The zero-order chi connectivity index (χ0) is 13.8. The number of amides is 2. The van der Waals surface area contributed by atoms with Crippen molar-refractivity contribution >= 4 is 11.8 Å². The number of rotatable bonds is 4. The molecule has 2 amide bonds. The summed E-state index contributed by atoms with van der Waals surface area (Å²) in [6.07, 6.45) is 0.800. The van der Waals surface area contributed by atoms with Crippen LogP contribution in [-0.2, 0) is 4.79 Å². The van der Waals surface area contributed by atoms with Crippen molar-refractivity contribution in [2.75, 3.05) is 26.7 Å². The summed E-state index contributed by atoms with van der Waals surface area (Å²) in [5.74, 6) is -0.434. The van der Waals surface area contributed by atoms with E-state index in [9.17, 15) is 14.7 Å². The number of carbonyl (C=O) groups is 2. The molecule has 1 aromatic heterocycles. The van der Waals surface area contributed by atoms with Crippen molar-refractivity contribution in [2.24, 2.45) is 0 Å². The van der Waals surface area contributed by atoms with Crippen molar-refractivity contribution < 1.29 is 14.7 Å². The highest BCUT2D eigenvalue weighted by Gasteiger charge is 2.33. The van der Waals surface area contributed by atoms with Gasteiger partial charge in [0.1, 0.15) is 5.69 Å². The van der Waals surface area contributed by atoms with Gasteiger partial charge < -0.3 is 15.7 Å². The number of β-amino-alcohol motifs (C(OH)–C–C–N with tert-alkyl or cyclic N) is 1. The molecule has 2 heterocycles. The number of nitrogens with one attached hydrogen (secondary N) is 3. The number of H-pyrrole nitrogens is 1. The smallest absolute Gasteiger partial charge is 0.269 e. The van der Waals surface area contributed by atoms with Gasteiger partial charge in [0.25, 0.3) is 5.91 Å². The van der Waals surface area contributed by atoms with E-state index in [0.29, 0.717) is 18.8 Å². The van der Waals surface area contributed by atoms with Crippen LogP contribution in [0.25, 0.3) is 0 Å². The fourth-order valence-electron chi connectivity index (χ4n) is 2.05. The van der Waals surface area contributed by atoms with Crippen LogP contribution in [0.4, 0.5) is 0 Å². The summed E-state index contributed by atoms with van der Waals surface area (Å²) in [5, 5.41) is 21.4. The Morgan fingerprint density at radius 1 is 1.58 bits per heavy atom. The van der Waals surface area contributed by atoms with Crippen molar-refractivity contribution in [2.45, 2.75) is 12.1 Å². The second kappa shape index (κ2) is 5.81. The number of hydrogen-bond donors (Lipinski definition) is 4. The molecule has 0 radical (unpaired) electrons. The maximum atomic E-state index is 11.8. The van der Waals surface area contributed by atoms with Gasteiger partial charge in [-0.3, -0.25) is 19.6 Å². The summed E-state index contributed by atoms with van der Waals surface area (Å²) in [7, 11) is 1.56. The molecule has 0 aromatic carbocycles. The minimum Gasteiger partial charge on any atom is -0.390 e. The molecule has 1 saturated heterocycles. The lowest BCUT2D eigenvalue weighted by Crippen LogP contribution is -2.43. The Bertz CT molecular complexity index is 447. The van der Waals surface area contributed by atoms with Gasteiger partial charge in [-0.05, 0) is 6.07 Å². The third-order valence-corrected chi connectivity index (χ3v) is 3.07. The first-order valence-electron chi connectivity index (χ1n) is 6.01. The number of likely N-dealkylation sites (N-methyl/N-ethyl adjacent to an activating group) is 1. The van der Waals surface area contributed by atoms with Gasteiger partial charge in [-0.25, -0.2) is 0 Å². The number of carbonyl (C=O) groups excluding carboxylic acids is 2. The Morgan fingerprint density at radius 2 is 2.37 bits per heavy atom. The molecule has 1 fully saturated rings. The number of aliphatic hydroxyl groups excluding tert-OH is 1. The molecule has 0 aliphatic carbocycles. The largest absolute Gasteiger partial charge is 0.390 e. The second-order valence-corrected chi connectivity index (χ2v) is 4.48. The maximum Gasteiger partial charge on any atom is 0.269 e. The molecule has 2 atom stereocenters. The maximum absolute atomic E-state index is 11.8. The quantitative estimate of drug-likeness (QED) is 0.501. The van der Waals surface area contributed by atoms with Crippen LogP contribution in [-0.4, -0.2) is 70.8 Å². The normalized spacial score (nSPS) is 23.3. The summed E-state index contributed by atoms with van der Waals surface area (Å²) >= 11 is 0. The molecular formula is C11H17N5O3. The summed E-state index contributed by atoms with van der Waals surface area (Å²) in [4.78, 5) is 24.8. The summed E-state index contributed by atoms with van der Waals surface area (Å²) < 4.78 is 0. The fraction of sp³-hybridized carbons (Fsp3) is 0.545. The third kappa shape index (κ3) is 3.30. The van der Waals surface area contributed by atoms with Crippen molar-refractivity contribution in [3.8, 4) is 0 Å². The number of aromatic nitrogens is 2. The van der Waals surface area contributed by atoms with Crippen LogP contribution in [0.3, 0.4) is 0 Å². The first-order valence-corrected chi connectivity index (χ1v) is 6.01. The van der Waals surface area contributed by atoms with Gasteiger partial charge in [-0.15, -0.1) is 0 Å². The van der Waals surface area contributed by atoms with Gasteiger partial charge in [0, 0.05) is 26.3 Å². The Kier molecular flexibility index (Phi) is 4.13. The third-order valence-electron chi connectivity index (χ3n) is 3.07. The predicted octanol–water partition coefficient (Wildman–Crippen LogP) is -2.07. The lowest BCUT2D eigenvalue weighted by atomic mass is 10.2. The van der Waals surface area contributed by atoms with E-state index in [1.165, 1.54) is 6.20 Å². The Hall–Kier alpha value is -1.93. The van der Waals surface area contributed by atoms with Crippen LogP contribution >= 0.6 is 0 Å². The second-order valence-electron chi connectivity index (χ2n) is 4.48. The first kappa shape index (κ1) is 13.5. The molecule has 0 bridgehead atoms. The fourth-order valence-corrected chi connectivity index (χ4v) is 2.05. The number of likely N-dealkylation sites (tertiary alicyclic amines) is 1. The Morgan fingerprint density at radius 3 is 3.00 bits per heavy atom. The SMILES string of the molecule is CNC(=O)CN1C[C@@H](O)[C@H](NC(=O)c2ccn[nH]2)C1. The number of aliphatic hydroxyl groups is 1. The lowest BCUT2D eigenvalue weighted by molar-refractivity contribution is -0.121. The van der Waals surface area contributed by atoms with Gasteiger partial charge in [-0.2, -0.15) is 5.10 Å². The van der Waals surface area contributed by atoms with Gasteiger partial charge in [0.2, 0.25) is 5.91 Å². The molecule has 4 N–H and O–H groups in total. The van der Waals surface area contributed by atoms with E-state index in [1.807, 2.05) is 0 Å². The molecule has 0 spiro atoms. The molecule has 8 nitrogen and oxygen atoms in total. The topological polar surface area (TPSA) is 110 Å². The standard InChI is InChI=1S/C11H17N5O3/c1-12-10(18)6-16-4-8(9(17)5-16)14-11(19)7-2-3-13-15-7/h2-3,8-9,17H,4-6H2,1H3,(H,12,18)(H,13,15)(H,14,19)/t8-,9-/m1/s1. The number of hydrogen-bond acceptors (Lipinski definition) is 5. The molecule has 1 aliphatic rings. The molecular weight excluding hydrogens is 250 g/mol. The van der Waals surface area contributed by atoms with E-state index in [4.69, 9.17) is 0 Å². The molecule has 8 heteroatoms. The van der Waals surface area contributed by atoms with E-state index in [0.717, 1.165) is 0 Å². The summed E-state index contributed by atoms with van der Waals surface area (Å²) in [6.45, 7) is 1.01. The van der Waals surface area contributed by atoms with Crippen molar-refractivity contribution in [3.63, 3.8) is 0 Å². The summed E-state index contributed by atoms with van der Waals surface area (Å²) in [6, 6.07) is 1.17. The van der Waals surface area contributed by atoms with Gasteiger partial charge in [-0.1, -0.05) is 0 Å². The van der Waals surface area contributed by atoms with Crippen LogP contribution < -0.4 is 10.6 Å². The first-order chi connectivity index (χ1) is 9.10. The van der Waals surface area contributed by atoms with Crippen LogP contribution in [0.5, 0.6) is 0 Å². The van der Waals surface area contributed by atoms with Crippen molar-refractivity contribution in [1.29, 1.82) is 0 Å². The van der Waals surface area contributed by atoms with E-state index in [2.05, 4.69) is 20.8 Å². The van der Waals surface area contributed by atoms with E-state index in [1.54, 1.807) is 18.0 Å². The van der Waals surface area contributed by atoms with E-state index >= 15 is 0 Å². The molecule has 0 saturated carbocycles. The molecule has 2 rings (SSSR count). The highest BCUT2D eigenvalue weighted by Crippen LogP contribution is 2.10. The highest BCUT2D eigenvalue weighted by atomic mass is 16.3. The van der Waals surface area contributed by atoms with E-state index < -0.39 is 6.10 Å². The number of aromatic amines is 1. The average molecular weight is 267 g/mol. The van der Waals surface area contributed by atoms with Gasteiger partial charge >= 0.3 is 0 Å². The lowest BCUT2D eigenvalue weighted by Gasteiger charge is -2.15. The monoisotopic (exact) mass is 267 g/mol. The molecule has 104 valence electrons. The molecule has 1 aromatic rings. The number of nitrogens with zero attached hydrogens (tertiary/aromatic N) is 2. The molecule has 19 heavy (non-hydrogen) atoms. The predicted molar refractivity (Wildman–Crippen MR) is 66.4 cm³/mol. The summed E-state index contributed by atoms with van der Waals surface area (Å²) in [5.41, 5.74) is 0.344. The van der Waals surface area contributed by atoms with E-state index in [-0.39, 0.29) is 24.4 Å². The average Bonchev–Trinajstić information content (AvgIpc) is 3.00. The minimum absolute atomic E-state index is 0.118. The van der Waals surface area contributed by atoms with Crippen molar-refractivity contribution in [1.82, 2.24) is 25.7 Å². The van der Waals surface area contributed by atoms with Gasteiger partial charge in [0.05, 0.1) is 18.7 Å². The van der Waals surface area contributed by atoms with Crippen LogP contribution in [0.1, 0.15) is 10.5 Å². The van der Waals surface area contributed by atoms with Crippen molar-refractivity contribution in [3.05, 3.63) is 18.0 Å². The molecule has 0 unspecified atom stereocenters. The zero-order valence-electron chi connectivity index (χ0n) is 10.6. The Balaban J connectivity index is 1.88. The molecule has 1 aliphatic heterocycles. The minimum atomic E-state index is -0.684. The van der Waals surface area contributed by atoms with Gasteiger partial charge in [0.15, 0.2) is 0 Å². The van der Waals surface area contributed by atoms with Crippen LogP contribution in [0.15, 0.2) is 12.3 Å². The van der Waals surface area contributed by atoms with Crippen LogP contribution in [0.2, 0.25) is 0 Å². The zero-order valence-corrected chi connectivity index (χ0v) is 10.6. The van der Waals surface area contributed by atoms with Crippen LogP contribution in [0, 0.1) is 0 Å².